The second-order valence-electron chi connectivity index (χ2n) is 9.28. The maximum Gasteiger partial charge on any atom is -0.147 e. The summed E-state index contributed by atoms with van der Waals surface area (Å²) >= 11 is -1.15. The number of allylic oxidation sites excluding steroid dienone is 4. The van der Waals surface area contributed by atoms with E-state index in [-0.39, 0.29) is 24.8 Å². The molecular formula is C33H29Cl2Zr. The van der Waals surface area contributed by atoms with E-state index in [1.165, 1.54) is 50.1 Å². The van der Waals surface area contributed by atoms with Crippen molar-refractivity contribution in [2.45, 2.75) is 26.7 Å². The summed E-state index contributed by atoms with van der Waals surface area (Å²) in [5, 5.41) is 0. The maximum atomic E-state index is 2.44. The van der Waals surface area contributed by atoms with Crippen LogP contribution in [0.25, 0.3) is 16.7 Å². The zero-order chi connectivity index (χ0) is 23.1. The molecular weight excluding hydrogens is 558 g/mol. The molecule has 0 nitrogen and oxygen atoms in total. The van der Waals surface area contributed by atoms with Gasteiger partial charge in [0.05, 0.1) is 0 Å². The smallest absolute Gasteiger partial charge is 0.147 e. The van der Waals surface area contributed by atoms with E-state index in [4.69, 9.17) is 0 Å². The summed E-state index contributed by atoms with van der Waals surface area (Å²) in [6, 6.07) is 36.0. The maximum absolute atomic E-state index is 2.44. The third-order valence-corrected chi connectivity index (χ3v) is 11.4. The first-order valence-corrected chi connectivity index (χ1v) is 14.5. The Morgan fingerprint density at radius 3 is 1.83 bits per heavy atom. The first-order chi connectivity index (χ1) is 16.7. The van der Waals surface area contributed by atoms with Gasteiger partial charge >= 0.3 is 215 Å². The molecule has 0 spiro atoms. The van der Waals surface area contributed by atoms with Crippen molar-refractivity contribution in [2.75, 3.05) is 0 Å². The summed E-state index contributed by atoms with van der Waals surface area (Å²) in [4.78, 5) is 0. The van der Waals surface area contributed by atoms with Crippen molar-refractivity contribution in [3.8, 4) is 11.1 Å². The number of rotatable bonds is 4. The third kappa shape index (κ3) is 4.82. The second-order valence-corrected chi connectivity index (χ2v) is 12.3. The number of benzene rings is 4. The number of hydrogen-bond acceptors (Lipinski definition) is 0. The summed E-state index contributed by atoms with van der Waals surface area (Å²) in [7, 11) is 0. The largest absolute Gasteiger partial charge is 0.147 e. The molecule has 0 unspecified atom stereocenters. The van der Waals surface area contributed by atoms with E-state index in [0.717, 1.165) is 12.8 Å². The minimum Gasteiger partial charge on any atom is -0.147 e. The first-order valence-electron chi connectivity index (χ1n) is 12.1. The zero-order valence-corrected chi connectivity index (χ0v) is 24.6. The van der Waals surface area contributed by atoms with Gasteiger partial charge in [0.25, 0.3) is 0 Å². The Morgan fingerprint density at radius 1 is 0.639 bits per heavy atom. The van der Waals surface area contributed by atoms with Crippen LogP contribution in [0.15, 0.2) is 114 Å². The van der Waals surface area contributed by atoms with E-state index >= 15 is 0 Å². The van der Waals surface area contributed by atoms with Crippen LogP contribution in [0, 0.1) is 0 Å². The molecule has 6 rings (SSSR count). The van der Waals surface area contributed by atoms with Crippen LogP contribution >= 0.6 is 24.8 Å². The predicted molar refractivity (Wildman–Crippen MR) is 156 cm³/mol. The Morgan fingerprint density at radius 2 is 1.22 bits per heavy atom. The minimum atomic E-state index is -1.15. The van der Waals surface area contributed by atoms with Gasteiger partial charge in [-0.2, -0.15) is 0 Å². The van der Waals surface area contributed by atoms with Gasteiger partial charge in [-0.25, -0.2) is 0 Å². The SMILES string of the molecule is CC1=CCC(c2ccc3c([c]2[Zr]=[C](c2ccccc2)c2ccccc2)Cc2ccccc2-3)=C1C.Cl.Cl. The van der Waals surface area contributed by atoms with Crippen LogP contribution in [0.4, 0.5) is 0 Å². The van der Waals surface area contributed by atoms with E-state index in [0.29, 0.717) is 0 Å². The van der Waals surface area contributed by atoms with Crippen molar-refractivity contribution < 1.29 is 22.8 Å². The van der Waals surface area contributed by atoms with E-state index in [9.17, 15) is 0 Å². The van der Waals surface area contributed by atoms with Crippen molar-refractivity contribution in [1.29, 1.82) is 0 Å². The summed E-state index contributed by atoms with van der Waals surface area (Å²) < 4.78 is 3.23. The number of halogens is 2. The molecule has 3 heteroatoms. The Hall–Kier alpha value is -2.31. The van der Waals surface area contributed by atoms with Crippen LogP contribution in [0.2, 0.25) is 0 Å². The van der Waals surface area contributed by atoms with Crippen LogP contribution in [0.3, 0.4) is 0 Å². The molecule has 0 radical (unpaired) electrons. The van der Waals surface area contributed by atoms with Crippen LogP contribution in [-0.4, -0.2) is 3.21 Å². The Kier molecular flexibility index (Phi) is 8.46. The Bertz CT molecular complexity index is 1450. The third-order valence-electron chi connectivity index (χ3n) is 7.34. The molecule has 0 saturated carbocycles. The van der Waals surface area contributed by atoms with Gasteiger partial charge in [0, 0.05) is 0 Å². The molecule has 0 fully saturated rings. The van der Waals surface area contributed by atoms with Gasteiger partial charge in [0.15, 0.2) is 0 Å². The number of hydrogen-bond donors (Lipinski definition) is 0. The molecule has 0 saturated heterocycles. The summed E-state index contributed by atoms with van der Waals surface area (Å²) in [5.41, 5.74) is 14.6. The van der Waals surface area contributed by atoms with Gasteiger partial charge < -0.3 is 0 Å². The molecule has 4 aromatic rings. The Balaban J connectivity index is 0.00000152. The van der Waals surface area contributed by atoms with Gasteiger partial charge in [-0.3, -0.25) is 0 Å². The van der Waals surface area contributed by atoms with Crippen LogP contribution in [-0.2, 0) is 29.2 Å². The van der Waals surface area contributed by atoms with E-state index < -0.39 is 22.8 Å². The average Bonchev–Trinajstić information content (AvgIpc) is 3.43. The fraction of sp³-hybridized carbons (Fsp3) is 0.121. The van der Waals surface area contributed by atoms with Crippen molar-refractivity contribution in [2.24, 2.45) is 0 Å². The monoisotopic (exact) mass is 585 g/mol. The van der Waals surface area contributed by atoms with Gasteiger partial charge in [-0.05, 0) is 0 Å². The van der Waals surface area contributed by atoms with Crippen molar-refractivity contribution in [3.63, 3.8) is 0 Å². The summed E-state index contributed by atoms with van der Waals surface area (Å²) in [6.07, 6.45) is 4.52. The minimum absolute atomic E-state index is 0. The molecule has 0 heterocycles. The standard InChI is InChI=1S/C20H17.C13H10.2ClH.Zr/c1-13-7-9-18(14(13)2)16-8-10-20-17(12-16)11-15-5-3-4-6-19(15)20;1-3-7-12(8-4-1)11-13-9-5-2-6-10-13;;;/h3-8,10H,9,11H2,1-2H3;1-10H;2*1H;. The molecule has 2 aliphatic carbocycles. The number of fused-ring (bicyclic) bond motifs is 3. The molecule has 36 heavy (non-hydrogen) atoms. The average molecular weight is 588 g/mol. The van der Waals surface area contributed by atoms with E-state index in [1.807, 2.05) is 0 Å². The van der Waals surface area contributed by atoms with Crippen LogP contribution in [0.5, 0.6) is 0 Å². The summed E-state index contributed by atoms with van der Waals surface area (Å²) in [6.45, 7) is 4.57. The fourth-order valence-electron chi connectivity index (χ4n) is 5.36. The van der Waals surface area contributed by atoms with Gasteiger partial charge in [-0.15, -0.1) is 24.8 Å². The normalized spacial score (nSPS) is 13.1. The zero-order valence-electron chi connectivity index (χ0n) is 20.5. The van der Waals surface area contributed by atoms with Gasteiger partial charge in [0.2, 0.25) is 0 Å². The molecule has 0 atom stereocenters. The van der Waals surface area contributed by atoms with Crippen molar-refractivity contribution in [3.05, 3.63) is 142 Å². The van der Waals surface area contributed by atoms with Crippen LogP contribution in [0.1, 0.15) is 48.1 Å². The molecule has 179 valence electrons. The summed E-state index contributed by atoms with van der Waals surface area (Å²) in [5.74, 6) is 0. The molecule has 0 amide bonds. The van der Waals surface area contributed by atoms with Gasteiger partial charge in [-0.1, -0.05) is 0 Å². The van der Waals surface area contributed by atoms with E-state index in [2.05, 4.69) is 117 Å². The predicted octanol–water partition coefficient (Wildman–Crippen LogP) is 8.20. The topological polar surface area (TPSA) is 0 Å². The molecule has 4 aromatic carbocycles. The van der Waals surface area contributed by atoms with E-state index in [1.54, 1.807) is 12.0 Å². The van der Waals surface area contributed by atoms with Gasteiger partial charge in [0.1, 0.15) is 0 Å². The van der Waals surface area contributed by atoms with Crippen molar-refractivity contribution >= 4 is 36.9 Å². The molecule has 0 bridgehead atoms. The van der Waals surface area contributed by atoms with Crippen LogP contribution < -0.4 is 3.27 Å². The first kappa shape index (κ1) is 26.7. The fourth-order valence-corrected chi connectivity index (χ4v) is 9.33. The Labute approximate surface area is 238 Å². The second kappa shape index (κ2) is 11.4. The molecule has 0 N–H and O–H groups in total. The van der Waals surface area contributed by atoms with Crippen molar-refractivity contribution in [1.82, 2.24) is 0 Å². The molecule has 2 aliphatic rings. The molecule has 0 aliphatic heterocycles. The molecule has 0 aromatic heterocycles. The quantitative estimate of drug-likeness (QED) is 0.199.